The normalized spacial score (nSPS) is 12.7. The molecule has 7 heteroatoms. The Hall–Kier alpha value is -1.47. The predicted octanol–water partition coefficient (Wildman–Crippen LogP) is 3.68. The Balaban J connectivity index is 2.33. The van der Waals surface area contributed by atoms with E-state index in [0.717, 1.165) is 30.1 Å². The maximum atomic E-state index is 13.2. The van der Waals surface area contributed by atoms with Gasteiger partial charge in [0.15, 0.2) is 17.5 Å². The number of nitrogens with one attached hydrogen (secondary N) is 1. The smallest absolute Gasteiger partial charge is 0.194 e. The van der Waals surface area contributed by atoms with Gasteiger partial charge in [0, 0.05) is 5.56 Å². The van der Waals surface area contributed by atoms with Gasteiger partial charge in [0.25, 0.3) is 0 Å². The number of halogens is 3. The summed E-state index contributed by atoms with van der Waals surface area (Å²) >= 11 is 1.24. The predicted molar refractivity (Wildman–Crippen MR) is 71.9 cm³/mol. The zero-order valence-electron chi connectivity index (χ0n) is 11.1. The van der Waals surface area contributed by atoms with Gasteiger partial charge in [0.1, 0.15) is 10.0 Å². The second-order valence-electron chi connectivity index (χ2n) is 4.22. The summed E-state index contributed by atoms with van der Waals surface area (Å²) in [4.78, 5) is 0. The minimum Gasteiger partial charge on any atom is -0.308 e. The molecule has 0 aliphatic carbocycles. The van der Waals surface area contributed by atoms with E-state index in [1.807, 2.05) is 13.8 Å². The van der Waals surface area contributed by atoms with Gasteiger partial charge in [-0.25, -0.2) is 13.2 Å². The van der Waals surface area contributed by atoms with Gasteiger partial charge in [-0.3, -0.25) is 0 Å². The van der Waals surface area contributed by atoms with Gasteiger partial charge in [-0.15, -0.1) is 10.2 Å². The van der Waals surface area contributed by atoms with Gasteiger partial charge >= 0.3 is 0 Å². The largest absolute Gasteiger partial charge is 0.308 e. The van der Waals surface area contributed by atoms with Crippen molar-refractivity contribution in [2.24, 2.45) is 0 Å². The first-order valence-corrected chi connectivity index (χ1v) is 7.10. The summed E-state index contributed by atoms with van der Waals surface area (Å²) in [6.07, 6.45) is 0.828. The molecule has 0 saturated carbocycles. The molecule has 1 atom stereocenters. The molecule has 0 aliphatic rings. The Morgan fingerprint density at radius 1 is 1.15 bits per heavy atom. The average molecular weight is 301 g/mol. The van der Waals surface area contributed by atoms with Crippen molar-refractivity contribution >= 4 is 11.3 Å². The quantitative estimate of drug-likeness (QED) is 0.856. The second-order valence-corrected chi connectivity index (χ2v) is 5.23. The molecule has 0 bridgehead atoms. The molecule has 0 saturated heterocycles. The van der Waals surface area contributed by atoms with E-state index in [-0.39, 0.29) is 11.6 Å². The molecular weight excluding hydrogens is 287 g/mol. The number of nitrogens with zero attached hydrogens (tertiary/aromatic N) is 2. The van der Waals surface area contributed by atoms with Crippen molar-refractivity contribution in [3.63, 3.8) is 0 Å². The van der Waals surface area contributed by atoms with E-state index in [4.69, 9.17) is 0 Å². The molecule has 0 radical (unpaired) electrons. The van der Waals surface area contributed by atoms with Crippen LogP contribution in [0.2, 0.25) is 0 Å². The molecular formula is C13H14F3N3S. The molecule has 2 aromatic rings. The van der Waals surface area contributed by atoms with Gasteiger partial charge in [0.2, 0.25) is 0 Å². The van der Waals surface area contributed by atoms with Crippen LogP contribution in [0, 0.1) is 17.5 Å². The van der Waals surface area contributed by atoms with Crippen LogP contribution in [0.3, 0.4) is 0 Å². The molecule has 1 unspecified atom stereocenters. The molecule has 0 spiro atoms. The lowest BCUT2D eigenvalue weighted by Gasteiger charge is -2.10. The molecule has 2 rings (SSSR count). The zero-order valence-corrected chi connectivity index (χ0v) is 11.9. The second kappa shape index (κ2) is 6.32. The molecule has 1 N–H and O–H groups in total. The minimum absolute atomic E-state index is 0.0568. The highest BCUT2D eigenvalue weighted by atomic mass is 32.1. The fraction of sp³-hybridized carbons (Fsp3) is 0.385. The van der Waals surface area contributed by atoms with Gasteiger partial charge in [-0.05, 0) is 25.1 Å². The van der Waals surface area contributed by atoms with Crippen LogP contribution >= 0.6 is 11.3 Å². The Labute approximate surface area is 118 Å². The van der Waals surface area contributed by atoms with Crippen molar-refractivity contribution in [1.29, 1.82) is 0 Å². The van der Waals surface area contributed by atoms with Crippen LogP contribution in [0.25, 0.3) is 10.6 Å². The minimum atomic E-state index is -1.47. The van der Waals surface area contributed by atoms with Gasteiger partial charge < -0.3 is 5.32 Å². The maximum absolute atomic E-state index is 13.2. The van der Waals surface area contributed by atoms with Gasteiger partial charge in [-0.2, -0.15) is 0 Å². The van der Waals surface area contributed by atoms with Crippen LogP contribution in [0.1, 0.15) is 31.3 Å². The van der Waals surface area contributed by atoms with Gasteiger partial charge in [0.05, 0.1) is 6.04 Å². The highest BCUT2D eigenvalue weighted by Crippen LogP contribution is 2.29. The first kappa shape index (κ1) is 14.9. The maximum Gasteiger partial charge on any atom is 0.194 e. The molecule has 1 aromatic carbocycles. The van der Waals surface area contributed by atoms with E-state index in [1.165, 1.54) is 11.3 Å². The Morgan fingerprint density at radius 3 is 2.35 bits per heavy atom. The van der Waals surface area contributed by atoms with Crippen molar-refractivity contribution in [2.75, 3.05) is 6.54 Å². The molecule has 1 aromatic heterocycles. The molecule has 0 amide bonds. The van der Waals surface area contributed by atoms with E-state index in [9.17, 15) is 13.2 Å². The topological polar surface area (TPSA) is 37.8 Å². The fourth-order valence-corrected chi connectivity index (χ4v) is 2.81. The lowest BCUT2D eigenvalue weighted by atomic mass is 10.2. The fourth-order valence-electron chi connectivity index (χ4n) is 1.82. The van der Waals surface area contributed by atoms with Crippen LogP contribution < -0.4 is 5.32 Å². The summed E-state index contributed by atoms with van der Waals surface area (Å²) in [5.41, 5.74) is 0.191. The standard InChI is InChI=1S/C13H14F3N3S/c1-3-10(17-4-2)13-19-18-12(20-13)7-5-8(14)11(16)9(15)6-7/h5-6,10,17H,3-4H2,1-2H3. The summed E-state index contributed by atoms with van der Waals surface area (Å²) in [5.74, 6) is -3.93. The third-order valence-corrected chi connectivity index (χ3v) is 3.91. The number of hydrogen-bond acceptors (Lipinski definition) is 4. The van der Waals surface area contributed by atoms with Crippen LogP contribution in [0.15, 0.2) is 12.1 Å². The monoisotopic (exact) mass is 301 g/mol. The van der Waals surface area contributed by atoms with E-state index < -0.39 is 17.5 Å². The lowest BCUT2D eigenvalue weighted by molar-refractivity contribution is 0.447. The lowest BCUT2D eigenvalue weighted by Crippen LogP contribution is -2.19. The van der Waals surface area contributed by atoms with Crippen molar-refractivity contribution in [1.82, 2.24) is 15.5 Å². The highest BCUT2D eigenvalue weighted by Gasteiger charge is 2.17. The third-order valence-electron chi connectivity index (χ3n) is 2.83. The SMILES string of the molecule is CCNC(CC)c1nnc(-c2cc(F)c(F)c(F)c2)s1. The van der Waals surface area contributed by atoms with Gasteiger partial charge in [-0.1, -0.05) is 25.2 Å². The summed E-state index contributed by atoms with van der Waals surface area (Å²) in [6.45, 7) is 4.77. The summed E-state index contributed by atoms with van der Waals surface area (Å²) in [6, 6.07) is 1.91. The summed E-state index contributed by atoms with van der Waals surface area (Å²) in [7, 11) is 0. The highest BCUT2D eigenvalue weighted by molar-refractivity contribution is 7.14. The number of benzene rings is 1. The van der Waals surface area contributed by atoms with E-state index in [1.54, 1.807) is 0 Å². The van der Waals surface area contributed by atoms with Crippen molar-refractivity contribution in [3.8, 4) is 10.6 Å². The Bertz CT molecular complexity index is 577. The first-order chi connectivity index (χ1) is 9.56. The molecule has 0 fully saturated rings. The zero-order chi connectivity index (χ0) is 14.7. The number of rotatable bonds is 5. The summed E-state index contributed by atoms with van der Waals surface area (Å²) in [5, 5.41) is 12.3. The molecule has 1 heterocycles. The van der Waals surface area contributed by atoms with Crippen molar-refractivity contribution in [3.05, 3.63) is 34.6 Å². The van der Waals surface area contributed by atoms with Crippen LogP contribution in [0.4, 0.5) is 13.2 Å². The Kier molecular flexibility index (Phi) is 4.72. The van der Waals surface area contributed by atoms with Crippen LogP contribution in [0.5, 0.6) is 0 Å². The van der Waals surface area contributed by atoms with Crippen molar-refractivity contribution < 1.29 is 13.2 Å². The third kappa shape index (κ3) is 2.99. The number of aromatic nitrogens is 2. The van der Waals surface area contributed by atoms with E-state index >= 15 is 0 Å². The van der Waals surface area contributed by atoms with E-state index in [0.29, 0.717) is 5.01 Å². The molecule has 3 nitrogen and oxygen atoms in total. The molecule has 108 valence electrons. The van der Waals surface area contributed by atoms with Crippen LogP contribution in [-0.2, 0) is 0 Å². The molecule has 20 heavy (non-hydrogen) atoms. The molecule has 0 aliphatic heterocycles. The summed E-state index contributed by atoms with van der Waals surface area (Å²) < 4.78 is 39.3. The number of hydrogen-bond donors (Lipinski definition) is 1. The van der Waals surface area contributed by atoms with Crippen LogP contribution in [-0.4, -0.2) is 16.7 Å². The first-order valence-electron chi connectivity index (χ1n) is 6.28. The Morgan fingerprint density at radius 2 is 1.80 bits per heavy atom. The van der Waals surface area contributed by atoms with Crippen molar-refractivity contribution in [2.45, 2.75) is 26.3 Å². The average Bonchev–Trinajstić information content (AvgIpc) is 2.91. The van der Waals surface area contributed by atoms with E-state index in [2.05, 4.69) is 15.5 Å².